The second kappa shape index (κ2) is 5.23. The van der Waals surface area contributed by atoms with Crippen molar-refractivity contribution < 1.29 is 0 Å². The Hall–Kier alpha value is -1.48. The molecule has 0 heteroatoms. The maximum Gasteiger partial charge on any atom is 0.0280 e. The molecule has 0 aliphatic heterocycles. The molecule has 1 aliphatic carbocycles. The molecule has 1 aliphatic rings. The van der Waals surface area contributed by atoms with Crippen molar-refractivity contribution in [1.29, 1.82) is 0 Å². The van der Waals surface area contributed by atoms with Gasteiger partial charge in [-0.05, 0) is 36.3 Å². The monoisotopic (exact) mass is 224 g/mol. The van der Waals surface area contributed by atoms with Crippen LogP contribution in [0, 0.1) is 12.3 Å². The average Bonchev–Trinajstić information content (AvgIpc) is 2.40. The summed E-state index contributed by atoms with van der Waals surface area (Å²) >= 11 is 0. The third-order valence-corrected chi connectivity index (χ3v) is 4.00. The van der Waals surface area contributed by atoms with E-state index in [9.17, 15) is 0 Å². The molecule has 0 nitrogen and oxygen atoms in total. The van der Waals surface area contributed by atoms with Crippen molar-refractivity contribution >= 4 is 0 Å². The van der Waals surface area contributed by atoms with Crippen LogP contribution in [0.3, 0.4) is 0 Å². The van der Waals surface area contributed by atoms with Crippen molar-refractivity contribution in [3.63, 3.8) is 0 Å². The lowest BCUT2D eigenvalue weighted by atomic mass is 9.66. The lowest BCUT2D eigenvalue weighted by molar-refractivity contribution is 0.294. The molecule has 0 amide bonds. The van der Waals surface area contributed by atoms with E-state index in [1.165, 1.54) is 37.7 Å². The highest BCUT2D eigenvalue weighted by Gasteiger charge is 2.33. The molecular formula is C17H20. The fourth-order valence-corrected chi connectivity index (χ4v) is 3.16. The molecule has 1 aromatic rings. The minimum Gasteiger partial charge on any atom is -0.115 e. The fraction of sp³-hybridized carbons (Fsp3) is 0.412. The highest BCUT2D eigenvalue weighted by molar-refractivity contribution is 5.44. The quantitative estimate of drug-likeness (QED) is 0.526. The molecule has 0 saturated heterocycles. The van der Waals surface area contributed by atoms with E-state index in [1.807, 2.05) is 6.07 Å². The molecule has 0 N–H and O–H groups in total. The zero-order valence-corrected chi connectivity index (χ0v) is 10.4. The molecule has 0 heterocycles. The van der Waals surface area contributed by atoms with Gasteiger partial charge in [0, 0.05) is 5.56 Å². The Morgan fingerprint density at radius 3 is 2.59 bits per heavy atom. The van der Waals surface area contributed by atoms with Gasteiger partial charge in [0.05, 0.1) is 0 Å². The van der Waals surface area contributed by atoms with Crippen molar-refractivity contribution in [2.24, 2.45) is 0 Å². The van der Waals surface area contributed by atoms with Gasteiger partial charge in [0.1, 0.15) is 0 Å². The summed E-state index contributed by atoms with van der Waals surface area (Å²) < 4.78 is 0. The normalized spacial score (nSPS) is 18.3. The second-order valence-electron chi connectivity index (χ2n) is 5.02. The molecule has 0 atom stereocenters. The van der Waals surface area contributed by atoms with E-state index in [0.717, 1.165) is 12.0 Å². The SMILES string of the molecule is C#Cc1ccccc1C1(CC=C)CCCCC1. The van der Waals surface area contributed by atoms with Gasteiger partial charge in [-0.15, -0.1) is 13.0 Å². The van der Waals surface area contributed by atoms with Crippen molar-refractivity contribution in [3.8, 4) is 12.3 Å². The van der Waals surface area contributed by atoms with Crippen LogP contribution in [0.4, 0.5) is 0 Å². The van der Waals surface area contributed by atoms with E-state index in [4.69, 9.17) is 6.42 Å². The Labute approximate surface area is 105 Å². The number of allylic oxidation sites excluding steroid dienone is 1. The number of rotatable bonds is 3. The van der Waals surface area contributed by atoms with Gasteiger partial charge in [-0.25, -0.2) is 0 Å². The van der Waals surface area contributed by atoms with Gasteiger partial charge in [-0.3, -0.25) is 0 Å². The van der Waals surface area contributed by atoms with Crippen LogP contribution in [0.1, 0.15) is 49.7 Å². The van der Waals surface area contributed by atoms with Gasteiger partial charge >= 0.3 is 0 Å². The first-order valence-corrected chi connectivity index (χ1v) is 6.49. The van der Waals surface area contributed by atoms with Gasteiger partial charge in [0.25, 0.3) is 0 Å². The third-order valence-electron chi connectivity index (χ3n) is 4.00. The third kappa shape index (κ3) is 2.29. The molecule has 2 rings (SSSR count). The van der Waals surface area contributed by atoms with Gasteiger partial charge in [0.2, 0.25) is 0 Å². The molecule has 0 spiro atoms. The van der Waals surface area contributed by atoms with Crippen LogP contribution >= 0.6 is 0 Å². The van der Waals surface area contributed by atoms with Gasteiger partial charge in [0.15, 0.2) is 0 Å². The Bertz CT molecular complexity index is 428. The molecule has 0 radical (unpaired) electrons. The highest BCUT2D eigenvalue weighted by atomic mass is 14.4. The van der Waals surface area contributed by atoms with Gasteiger partial charge in [-0.1, -0.05) is 49.5 Å². The van der Waals surface area contributed by atoms with Crippen LogP contribution in [0.5, 0.6) is 0 Å². The van der Waals surface area contributed by atoms with E-state index in [0.29, 0.717) is 0 Å². The van der Waals surface area contributed by atoms with Crippen LogP contribution in [0.25, 0.3) is 0 Å². The summed E-state index contributed by atoms with van der Waals surface area (Å²) in [7, 11) is 0. The van der Waals surface area contributed by atoms with E-state index in [2.05, 4.69) is 36.8 Å². The summed E-state index contributed by atoms with van der Waals surface area (Å²) in [6, 6.07) is 8.41. The predicted molar refractivity (Wildman–Crippen MR) is 74.0 cm³/mol. The highest BCUT2D eigenvalue weighted by Crippen LogP contribution is 2.43. The number of hydrogen-bond acceptors (Lipinski definition) is 0. The van der Waals surface area contributed by atoms with Crippen molar-refractivity contribution in [2.75, 3.05) is 0 Å². The summed E-state index contributed by atoms with van der Waals surface area (Å²) in [6.45, 7) is 3.93. The predicted octanol–water partition coefficient (Wildman–Crippen LogP) is 4.45. The van der Waals surface area contributed by atoms with Crippen LogP contribution in [0.15, 0.2) is 36.9 Å². The maximum atomic E-state index is 5.64. The summed E-state index contributed by atoms with van der Waals surface area (Å²) in [4.78, 5) is 0. The first-order chi connectivity index (χ1) is 8.32. The topological polar surface area (TPSA) is 0 Å². The molecule has 1 aromatic carbocycles. The number of benzene rings is 1. The molecule has 0 unspecified atom stereocenters. The van der Waals surface area contributed by atoms with Crippen molar-refractivity contribution in [2.45, 2.75) is 43.9 Å². The van der Waals surface area contributed by atoms with E-state index in [1.54, 1.807) is 0 Å². The fourth-order valence-electron chi connectivity index (χ4n) is 3.16. The lowest BCUT2D eigenvalue weighted by Crippen LogP contribution is -2.29. The molecule has 17 heavy (non-hydrogen) atoms. The van der Waals surface area contributed by atoms with E-state index in [-0.39, 0.29) is 5.41 Å². The first kappa shape index (κ1) is 12.0. The molecule has 1 saturated carbocycles. The zero-order chi connectivity index (χ0) is 12.1. The zero-order valence-electron chi connectivity index (χ0n) is 10.4. The minimum atomic E-state index is 0.253. The van der Waals surface area contributed by atoms with Gasteiger partial charge < -0.3 is 0 Å². The first-order valence-electron chi connectivity index (χ1n) is 6.49. The minimum absolute atomic E-state index is 0.253. The Kier molecular flexibility index (Phi) is 3.69. The van der Waals surface area contributed by atoms with Gasteiger partial charge in [-0.2, -0.15) is 0 Å². The van der Waals surface area contributed by atoms with E-state index >= 15 is 0 Å². The largest absolute Gasteiger partial charge is 0.115 e. The van der Waals surface area contributed by atoms with Crippen LogP contribution in [-0.2, 0) is 5.41 Å². The second-order valence-corrected chi connectivity index (χ2v) is 5.02. The summed E-state index contributed by atoms with van der Waals surface area (Å²) in [5.41, 5.74) is 2.68. The van der Waals surface area contributed by atoms with Crippen molar-refractivity contribution in [1.82, 2.24) is 0 Å². The van der Waals surface area contributed by atoms with Crippen LogP contribution in [-0.4, -0.2) is 0 Å². The molecule has 0 bridgehead atoms. The Morgan fingerprint density at radius 1 is 1.24 bits per heavy atom. The summed E-state index contributed by atoms with van der Waals surface area (Å²) in [6.07, 6.45) is 15.2. The van der Waals surface area contributed by atoms with Crippen LogP contribution in [0.2, 0.25) is 0 Å². The number of hydrogen-bond donors (Lipinski definition) is 0. The van der Waals surface area contributed by atoms with Crippen molar-refractivity contribution in [3.05, 3.63) is 48.0 Å². The Morgan fingerprint density at radius 2 is 1.94 bits per heavy atom. The van der Waals surface area contributed by atoms with E-state index < -0.39 is 0 Å². The average molecular weight is 224 g/mol. The molecule has 88 valence electrons. The maximum absolute atomic E-state index is 5.64. The molecule has 0 aromatic heterocycles. The standard InChI is InChI=1S/C17H20/c1-3-12-17(13-8-5-9-14-17)16-11-7-6-10-15(16)4-2/h2-3,6-7,10-11H,1,5,8-9,12-14H2. The van der Waals surface area contributed by atoms with Crippen LogP contribution < -0.4 is 0 Å². The Balaban J connectivity index is 2.45. The number of terminal acetylenes is 1. The summed E-state index contributed by atoms with van der Waals surface area (Å²) in [5, 5.41) is 0. The summed E-state index contributed by atoms with van der Waals surface area (Å²) in [5.74, 6) is 2.84. The molecular weight excluding hydrogens is 204 g/mol. The molecule has 1 fully saturated rings. The smallest absolute Gasteiger partial charge is 0.0280 e. The lowest BCUT2D eigenvalue weighted by Gasteiger charge is -2.38.